The molecule has 0 aliphatic carbocycles. The number of ether oxygens (including phenoxy) is 2. The summed E-state index contributed by atoms with van der Waals surface area (Å²) in [7, 11) is 0. The third-order valence-electron chi connectivity index (χ3n) is 8.00. The van der Waals surface area contributed by atoms with Gasteiger partial charge < -0.3 is 19.6 Å². The van der Waals surface area contributed by atoms with Gasteiger partial charge in [-0.05, 0) is 91.6 Å². The van der Waals surface area contributed by atoms with Crippen LogP contribution in [0.15, 0.2) is 77.5 Å². The molecule has 11 heteroatoms. The minimum Gasteiger partial charge on any atom is -0.454 e. The minimum absolute atomic E-state index is 0.151. The number of benzene rings is 3. The van der Waals surface area contributed by atoms with E-state index in [9.17, 15) is 9.50 Å². The molecule has 0 saturated carbocycles. The highest BCUT2D eigenvalue weighted by Gasteiger charge is 2.20. The zero-order chi connectivity index (χ0) is 31.9. The Labute approximate surface area is 284 Å². The van der Waals surface area contributed by atoms with Crippen molar-refractivity contribution >= 4 is 50.4 Å². The van der Waals surface area contributed by atoms with Gasteiger partial charge in [0.2, 0.25) is 0 Å². The van der Waals surface area contributed by atoms with Gasteiger partial charge in [0, 0.05) is 63.1 Å². The van der Waals surface area contributed by atoms with Crippen molar-refractivity contribution in [2.24, 2.45) is 0 Å². The molecule has 2 unspecified atom stereocenters. The first kappa shape index (κ1) is 33.1. The van der Waals surface area contributed by atoms with Crippen molar-refractivity contribution in [3.8, 4) is 22.8 Å². The topological polar surface area (TPSA) is 72.3 Å². The molecule has 0 spiro atoms. The molecular formula is C35H36BrF2N3O3S2. The van der Waals surface area contributed by atoms with E-state index in [1.165, 1.54) is 18.2 Å². The van der Waals surface area contributed by atoms with Gasteiger partial charge >= 0.3 is 0 Å². The number of hydrogen-bond acceptors (Lipinski definition) is 6. The van der Waals surface area contributed by atoms with Gasteiger partial charge in [-0.15, -0.1) is 0 Å². The molecule has 2 N–H and O–H groups in total. The largest absolute Gasteiger partial charge is 0.454 e. The van der Waals surface area contributed by atoms with E-state index < -0.39 is 17.7 Å². The normalized spacial score (nSPS) is 15.8. The summed E-state index contributed by atoms with van der Waals surface area (Å²) in [6.07, 6.45) is 7.24. The van der Waals surface area contributed by atoms with Gasteiger partial charge in [0.15, 0.2) is 11.6 Å². The van der Waals surface area contributed by atoms with Crippen LogP contribution in [0.4, 0.5) is 8.78 Å². The zero-order valence-electron chi connectivity index (χ0n) is 25.3. The van der Waals surface area contributed by atoms with E-state index in [2.05, 4.69) is 26.0 Å². The number of fused-ring (bicyclic) bond motifs is 1. The van der Waals surface area contributed by atoms with E-state index >= 15 is 4.39 Å². The number of H-pyrrole nitrogens is 1. The predicted octanol–water partition coefficient (Wildman–Crippen LogP) is 9.70. The third-order valence-corrected chi connectivity index (χ3v) is 10.8. The van der Waals surface area contributed by atoms with E-state index in [0.717, 1.165) is 63.3 Å². The summed E-state index contributed by atoms with van der Waals surface area (Å²) in [6.45, 7) is 0.688. The lowest BCUT2D eigenvalue weighted by Crippen LogP contribution is -2.18. The molecule has 1 saturated heterocycles. The van der Waals surface area contributed by atoms with E-state index in [1.807, 2.05) is 42.1 Å². The quantitative estimate of drug-likeness (QED) is 0.111. The average Bonchev–Trinajstić information content (AvgIpc) is 3.75. The molecule has 0 radical (unpaired) electrons. The fourth-order valence-electron chi connectivity index (χ4n) is 5.61. The molecule has 1 aliphatic heterocycles. The SMILES string of the molecule is OC(CCSCCSCCc1c(Oc2ccc(F)c(-c3ccn(C4CCCCO4)n3)c2)c(F)cc2[nH]ccc12)c1cccc(Br)c1. The number of nitrogens with one attached hydrogen (secondary N) is 1. The number of rotatable bonds is 14. The second-order valence-electron chi connectivity index (χ2n) is 11.2. The minimum atomic E-state index is -0.474. The monoisotopic (exact) mass is 727 g/mol. The number of nitrogens with zero attached hydrogens (tertiary/aromatic N) is 2. The lowest BCUT2D eigenvalue weighted by Gasteiger charge is -2.22. The van der Waals surface area contributed by atoms with Crippen LogP contribution in [-0.2, 0) is 11.2 Å². The number of aliphatic hydroxyl groups excluding tert-OH is 1. The molecule has 6 rings (SSSR count). The van der Waals surface area contributed by atoms with Crippen molar-refractivity contribution in [2.75, 3.05) is 29.6 Å². The summed E-state index contributed by atoms with van der Waals surface area (Å²) in [5.74, 6) is 3.15. The summed E-state index contributed by atoms with van der Waals surface area (Å²) < 4.78 is 45.2. The Kier molecular flexibility index (Phi) is 11.4. The Bertz CT molecular complexity index is 1760. The standard InChI is InChI=1S/C35H36BrF2N3O3S2/c36-24-5-3-4-23(20-24)33(42)12-17-46-19-18-45-16-11-27-26-9-13-39-32(26)22-30(38)35(27)44-25-7-8-29(37)28(21-25)31-10-14-41(40-31)34-6-1-2-15-43-34/h3-5,7-10,13-14,20-22,33-34,39,42H,1-2,6,11-12,15-19H2. The molecule has 0 amide bonds. The van der Waals surface area contributed by atoms with Crippen LogP contribution < -0.4 is 4.74 Å². The lowest BCUT2D eigenvalue weighted by atomic mass is 10.1. The Hall–Kier alpha value is -2.83. The number of aliphatic hydroxyl groups is 1. The number of hydrogen-bond donors (Lipinski definition) is 2. The second-order valence-corrected chi connectivity index (χ2v) is 14.6. The van der Waals surface area contributed by atoms with Crippen LogP contribution in [-0.4, -0.2) is 49.5 Å². The third kappa shape index (κ3) is 8.17. The highest BCUT2D eigenvalue weighted by atomic mass is 79.9. The lowest BCUT2D eigenvalue weighted by molar-refractivity contribution is -0.0393. The van der Waals surface area contributed by atoms with Crippen molar-refractivity contribution in [2.45, 2.75) is 44.4 Å². The molecular weight excluding hydrogens is 692 g/mol. The van der Waals surface area contributed by atoms with Gasteiger partial charge in [0.05, 0.1) is 11.8 Å². The fourth-order valence-corrected chi connectivity index (χ4v) is 8.12. The molecule has 46 heavy (non-hydrogen) atoms. The van der Waals surface area contributed by atoms with Crippen molar-refractivity contribution in [1.82, 2.24) is 14.8 Å². The Morgan fingerprint density at radius 3 is 2.72 bits per heavy atom. The van der Waals surface area contributed by atoms with Crippen LogP contribution in [0, 0.1) is 11.6 Å². The highest BCUT2D eigenvalue weighted by molar-refractivity contribution is 9.10. The Balaban J connectivity index is 1.07. The van der Waals surface area contributed by atoms with E-state index in [0.29, 0.717) is 36.4 Å². The van der Waals surface area contributed by atoms with Gasteiger partial charge in [0.25, 0.3) is 0 Å². The summed E-state index contributed by atoms with van der Waals surface area (Å²) >= 11 is 7.08. The van der Waals surface area contributed by atoms with Gasteiger partial charge in [-0.1, -0.05) is 28.1 Å². The first-order valence-corrected chi connectivity index (χ1v) is 18.6. The first-order chi connectivity index (χ1) is 22.5. The van der Waals surface area contributed by atoms with Crippen LogP contribution in [0.2, 0.25) is 0 Å². The second kappa shape index (κ2) is 15.8. The van der Waals surface area contributed by atoms with Crippen molar-refractivity contribution in [3.63, 3.8) is 0 Å². The average molecular weight is 729 g/mol. The van der Waals surface area contributed by atoms with Crippen LogP contribution in [0.25, 0.3) is 22.2 Å². The molecule has 1 fully saturated rings. The maximum atomic E-state index is 15.5. The van der Waals surface area contributed by atoms with Crippen molar-refractivity contribution in [1.29, 1.82) is 0 Å². The fraction of sp³-hybridized carbons (Fsp3) is 0.343. The molecule has 1 aliphatic rings. The molecule has 3 aromatic carbocycles. The molecule has 5 aromatic rings. The zero-order valence-corrected chi connectivity index (χ0v) is 28.5. The smallest absolute Gasteiger partial charge is 0.168 e. The highest BCUT2D eigenvalue weighted by Crippen LogP contribution is 2.37. The molecule has 3 heterocycles. The maximum Gasteiger partial charge on any atom is 0.168 e. The summed E-state index contributed by atoms with van der Waals surface area (Å²) in [5.41, 5.74) is 3.16. The van der Waals surface area contributed by atoms with Gasteiger partial charge in [-0.2, -0.15) is 28.6 Å². The number of aromatic amines is 1. The van der Waals surface area contributed by atoms with Gasteiger partial charge in [-0.3, -0.25) is 0 Å². The number of halogens is 3. The van der Waals surface area contributed by atoms with E-state index in [1.54, 1.807) is 41.0 Å². The molecule has 2 aromatic heterocycles. The Morgan fingerprint density at radius 1 is 1.02 bits per heavy atom. The summed E-state index contributed by atoms with van der Waals surface area (Å²) in [6, 6.07) is 17.3. The maximum absolute atomic E-state index is 15.5. The number of aromatic nitrogens is 3. The number of aryl methyl sites for hydroxylation is 1. The molecule has 2 atom stereocenters. The van der Waals surface area contributed by atoms with Gasteiger partial charge in [-0.25, -0.2) is 13.5 Å². The predicted molar refractivity (Wildman–Crippen MR) is 187 cm³/mol. The van der Waals surface area contributed by atoms with Crippen LogP contribution in [0.5, 0.6) is 11.5 Å². The summed E-state index contributed by atoms with van der Waals surface area (Å²) in [5, 5.41) is 15.9. The van der Waals surface area contributed by atoms with E-state index in [4.69, 9.17) is 9.47 Å². The summed E-state index contributed by atoms with van der Waals surface area (Å²) in [4.78, 5) is 3.11. The van der Waals surface area contributed by atoms with Crippen molar-refractivity contribution in [3.05, 3.63) is 100 Å². The Morgan fingerprint density at radius 2 is 1.89 bits per heavy atom. The van der Waals surface area contributed by atoms with Crippen molar-refractivity contribution < 1.29 is 23.4 Å². The first-order valence-electron chi connectivity index (χ1n) is 15.5. The molecule has 242 valence electrons. The molecule has 0 bridgehead atoms. The number of thioether (sulfide) groups is 2. The van der Waals surface area contributed by atoms with Crippen LogP contribution in [0.3, 0.4) is 0 Å². The molecule has 6 nitrogen and oxygen atoms in total. The van der Waals surface area contributed by atoms with Gasteiger partial charge in [0.1, 0.15) is 17.8 Å². The van der Waals surface area contributed by atoms with Crippen LogP contribution >= 0.6 is 39.5 Å². The van der Waals surface area contributed by atoms with Crippen LogP contribution in [0.1, 0.15) is 49.1 Å². The van der Waals surface area contributed by atoms with E-state index in [-0.39, 0.29) is 17.5 Å².